The van der Waals surface area contributed by atoms with Gasteiger partial charge in [0.15, 0.2) is 5.11 Å². The standard InChI is InChI=1S/C22H29N3O2S/c1-5-23-21(28)25-24-16-17-7-6-8-20(15-17)27-14-13-26-19-11-9-18(10-12-19)22(2,3)4/h6-12,15-16H,5,13-14H2,1-4H3,(H2,23,25,28). The summed E-state index contributed by atoms with van der Waals surface area (Å²) >= 11 is 5.06. The molecule has 0 heterocycles. The summed E-state index contributed by atoms with van der Waals surface area (Å²) in [5, 5.41) is 7.57. The average Bonchev–Trinajstić information content (AvgIpc) is 2.65. The summed E-state index contributed by atoms with van der Waals surface area (Å²) in [5.74, 6) is 1.62. The third-order valence-corrected chi connectivity index (χ3v) is 4.15. The van der Waals surface area contributed by atoms with E-state index < -0.39 is 0 Å². The molecule has 0 radical (unpaired) electrons. The van der Waals surface area contributed by atoms with E-state index in [1.165, 1.54) is 5.56 Å². The summed E-state index contributed by atoms with van der Waals surface area (Å²) < 4.78 is 11.5. The second-order valence-electron chi connectivity index (χ2n) is 7.27. The zero-order valence-corrected chi connectivity index (χ0v) is 17.8. The molecule has 0 aliphatic carbocycles. The number of nitrogens with zero attached hydrogens (tertiary/aromatic N) is 1. The van der Waals surface area contributed by atoms with Crippen LogP contribution in [-0.4, -0.2) is 31.1 Å². The highest BCUT2D eigenvalue weighted by Gasteiger charge is 2.12. The summed E-state index contributed by atoms with van der Waals surface area (Å²) in [6.45, 7) is 10.3. The van der Waals surface area contributed by atoms with Gasteiger partial charge in [0.05, 0.1) is 6.21 Å². The van der Waals surface area contributed by atoms with Crippen LogP contribution in [0.2, 0.25) is 0 Å². The van der Waals surface area contributed by atoms with Crippen molar-refractivity contribution in [1.29, 1.82) is 0 Å². The third-order valence-electron chi connectivity index (χ3n) is 3.92. The van der Waals surface area contributed by atoms with E-state index in [0.717, 1.165) is 23.6 Å². The van der Waals surface area contributed by atoms with Crippen LogP contribution in [-0.2, 0) is 5.41 Å². The van der Waals surface area contributed by atoms with Crippen LogP contribution in [0.4, 0.5) is 0 Å². The van der Waals surface area contributed by atoms with Gasteiger partial charge in [0.2, 0.25) is 0 Å². The Morgan fingerprint density at radius 3 is 2.36 bits per heavy atom. The Kier molecular flexibility index (Phi) is 8.26. The summed E-state index contributed by atoms with van der Waals surface area (Å²) in [7, 11) is 0. The summed E-state index contributed by atoms with van der Waals surface area (Å²) in [6.07, 6.45) is 1.70. The lowest BCUT2D eigenvalue weighted by Crippen LogP contribution is -2.31. The van der Waals surface area contributed by atoms with Gasteiger partial charge in [0, 0.05) is 6.54 Å². The number of rotatable bonds is 8. The number of hydrogen-bond acceptors (Lipinski definition) is 4. The molecule has 0 atom stereocenters. The van der Waals surface area contributed by atoms with Crippen LogP contribution in [0, 0.1) is 0 Å². The molecule has 0 aromatic heterocycles. The first-order chi connectivity index (χ1) is 13.4. The van der Waals surface area contributed by atoms with Crippen molar-refractivity contribution in [2.75, 3.05) is 19.8 Å². The SMILES string of the molecule is CCNC(=S)NN=Cc1cccc(OCCOc2ccc(C(C)(C)C)cc2)c1. The van der Waals surface area contributed by atoms with Crippen LogP contribution in [0.15, 0.2) is 53.6 Å². The van der Waals surface area contributed by atoms with Gasteiger partial charge >= 0.3 is 0 Å². The fraction of sp³-hybridized carbons (Fsp3) is 0.364. The smallest absolute Gasteiger partial charge is 0.186 e. The van der Waals surface area contributed by atoms with E-state index >= 15 is 0 Å². The third kappa shape index (κ3) is 7.56. The zero-order valence-electron chi connectivity index (χ0n) is 17.0. The van der Waals surface area contributed by atoms with E-state index in [4.69, 9.17) is 21.7 Å². The van der Waals surface area contributed by atoms with Crippen molar-refractivity contribution < 1.29 is 9.47 Å². The van der Waals surface area contributed by atoms with E-state index in [1.807, 2.05) is 43.3 Å². The second-order valence-corrected chi connectivity index (χ2v) is 7.68. The molecule has 28 heavy (non-hydrogen) atoms. The minimum absolute atomic E-state index is 0.142. The predicted octanol–water partition coefficient (Wildman–Crippen LogP) is 4.26. The zero-order chi connectivity index (χ0) is 20.4. The highest BCUT2D eigenvalue weighted by molar-refractivity contribution is 7.80. The Balaban J connectivity index is 1.77. The number of ether oxygens (including phenoxy) is 2. The van der Waals surface area contributed by atoms with Crippen molar-refractivity contribution in [2.45, 2.75) is 33.1 Å². The van der Waals surface area contributed by atoms with Gasteiger partial charge in [-0.25, -0.2) is 0 Å². The van der Waals surface area contributed by atoms with Crippen LogP contribution in [0.1, 0.15) is 38.8 Å². The average molecular weight is 400 g/mol. The molecule has 0 aliphatic heterocycles. The maximum atomic E-state index is 5.77. The van der Waals surface area contributed by atoms with Crippen molar-refractivity contribution in [3.8, 4) is 11.5 Å². The fourth-order valence-electron chi connectivity index (χ4n) is 2.42. The molecule has 2 aromatic carbocycles. The Labute approximate surface area is 173 Å². The summed E-state index contributed by atoms with van der Waals surface area (Å²) in [6, 6.07) is 15.9. The van der Waals surface area contributed by atoms with Crippen molar-refractivity contribution in [3.05, 3.63) is 59.7 Å². The molecular formula is C22H29N3O2S. The molecular weight excluding hydrogens is 370 g/mol. The molecule has 150 valence electrons. The number of nitrogens with one attached hydrogen (secondary N) is 2. The maximum Gasteiger partial charge on any atom is 0.186 e. The molecule has 5 nitrogen and oxygen atoms in total. The molecule has 0 saturated heterocycles. The minimum Gasteiger partial charge on any atom is -0.490 e. The van der Waals surface area contributed by atoms with E-state index in [9.17, 15) is 0 Å². The van der Waals surface area contributed by atoms with Gasteiger partial charge in [-0.05, 0) is 59.9 Å². The highest BCUT2D eigenvalue weighted by Crippen LogP contribution is 2.24. The molecule has 0 bridgehead atoms. The van der Waals surface area contributed by atoms with Gasteiger partial charge in [0.1, 0.15) is 24.7 Å². The van der Waals surface area contributed by atoms with Gasteiger partial charge in [-0.1, -0.05) is 45.0 Å². The monoisotopic (exact) mass is 399 g/mol. The summed E-state index contributed by atoms with van der Waals surface area (Å²) in [4.78, 5) is 0. The van der Waals surface area contributed by atoms with Gasteiger partial charge < -0.3 is 14.8 Å². The quantitative estimate of drug-likeness (QED) is 0.301. The predicted molar refractivity (Wildman–Crippen MR) is 120 cm³/mol. The minimum atomic E-state index is 0.142. The normalized spacial score (nSPS) is 11.3. The topological polar surface area (TPSA) is 54.9 Å². The van der Waals surface area contributed by atoms with Gasteiger partial charge in [0.25, 0.3) is 0 Å². The Bertz CT molecular complexity index is 783. The van der Waals surface area contributed by atoms with Crippen molar-refractivity contribution >= 4 is 23.5 Å². The first-order valence-corrected chi connectivity index (χ1v) is 9.82. The van der Waals surface area contributed by atoms with Crippen molar-refractivity contribution in [1.82, 2.24) is 10.7 Å². The molecule has 0 aliphatic rings. The van der Waals surface area contributed by atoms with Crippen LogP contribution in [0.25, 0.3) is 0 Å². The number of benzene rings is 2. The molecule has 0 spiro atoms. The Morgan fingerprint density at radius 2 is 1.71 bits per heavy atom. The largest absolute Gasteiger partial charge is 0.490 e. The van der Waals surface area contributed by atoms with Crippen LogP contribution in [0.3, 0.4) is 0 Å². The Hall–Kier alpha value is -2.60. The van der Waals surface area contributed by atoms with E-state index in [1.54, 1.807) is 6.21 Å². The fourth-order valence-corrected chi connectivity index (χ4v) is 2.62. The van der Waals surface area contributed by atoms with Crippen LogP contribution < -0.4 is 20.2 Å². The van der Waals surface area contributed by atoms with Gasteiger partial charge in [-0.15, -0.1) is 0 Å². The van der Waals surface area contributed by atoms with Gasteiger partial charge in [-0.2, -0.15) is 5.10 Å². The molecule has 0 amide bonds. The lowest BCUT2D eigenvalue weighted by atomic mass is 9.87. The van der Waals surface area contributed by atoms with Crippen molar-refractivity contribution in [3.63, 3.8) is 0 Å². The van der Waals surface area contributed by atoms with Crippen LogP contribution >= 0.6 is 12.2 Å². The van der Waals surface area contributed by atoms with E-state index in [-0.39, 0.29) is 5.41 Å². The molecule has 0 saturated carbocycles. The van der Waals surface area contributed by atoms with Crippen molar-refractivity contribution in [2.24, 2.45) is 5.10 Å². The highest BCUT2D eigenvalue weighted by atomic mass is 32.1. The summed E-state index contributed by atoms with van der Waals surface area (Å²) in [5.41, 5.74) is 5.11. The molecule has 2 aromatic rings. The molecule has 6 heteroatoms. The molecule has 2 rings (SSSR count). The number of hydrogen-bond donors (Lipinski definition) is 2. The second kappa shape index (κ2) is 10.7. The lowest BCUT2D eigenvalue weighted by Gasteiger charge is -2.19. The molecule has 0 fully saturated rings. The molecule has 2 N–H and O–H groups in total. The lowest BCUT2D eigenvalue weighted by molar-refractivity contribution is 0.217. The Morgan fingerprint density at radius 1 is 1.04 bits per heavy atom. The van der Waals surface area contributed by atoms with Crippen LogP contribution in [0.5, 0.6) is 11.5 Å². The maximum absolute atomic E-state index is 5.77. The number of hydrazone groups is 1. The van der Waals surface area contributed by atoms with E-state index in [2.05, 4.69) is 48.7 Å². The van der Waals surface area contributed by atoms with Gasteiger partial charge in [-0.3, -0.25) is 5.43 Å². The first kappa shape index (κ1) is 21.7. The first-order valence-electron chi connectivity index (χ1n) is 9.41. The molecule has 0 unspecified atom stereocenters. The van der Waals surface area contributed by atoms with E-state index in [0.29, 0.717) is 18.3 Å². The number of thiocarbonyl (C=S) groups is 1.